The lowest BCUT2D eigenvalue weighted by molar-refractivity contribution is 0.222. The molecule has 1 saturated carbocycles. The molecule has 0 aliphatic heterocycles. The summed E-state index contributed by atoms with van der Waals surface area (Å²) in [5, 5.41) is 0. The van der Waals surface area contributed by atoms with Crippen LogP contribution in [0.5, 0.6) is 0 Å². The third kappa shape index (κ3) is 3.54. The summed E-state index contributed by atoms with van der Waals surface area (Å²) >= 11 is 0. The highest BCUT2D eigenvalue weighted by molar-refractivity contribution is 5.19. The molecule has 1 fully saturated rings. The lowest BCUT2D eigenvalue weighted by Gasteiger charge is -2.39. The zero-order chi connectivity index (χ0) is 10.3. The van der Waals surface area contributed by atoms with Crippen LogP contribution in [0.3, 0.4) is 0 Å². The number of hydrogen-bond donors (Lipinski definition) is 0. The molecule has 0 spiro atoms. The maximum atomic E-state index is 2.45. The molecular formula is C13H26. The lowest BCUT2D eigenvalue weighted by Crippen LogP contribution is -2.26. The molecule has 0 heterocycles. The molecule has 0 saturated heterocycles. The second kappa shape index (κ2) is 6.23. The Morgan fingerprint density at radius 2 is 1.62 bits per heavy atom. The van der Waals surface area contributed by atoms with Gasteiger partial charge in [0.2, 0.25) is 0 Å². The second-order valence-corrected chi connectivity index (χ2v) is 3.92. The van der Waals surface area contributed by atoms with Gasteiger partial charge < -0.3 is 0 Å². The molecule has 2 bridgehead atoms. The fourth-order valence-electron chi connectivity index (χ4n) is 2.20. The predicted molar refractivity (Wildman–Crippen MR) is 62.0 cm³/mol. The molecule has 0 nitrogen and oxygen atoms in total. The summed E-state index contributed by atoms with van der Waals surface area (Å²) in [5.41, 5.74) is 2.47. The zero-order valence-corrected chi connectivity index (χ0v) is 10.1. The molecular weight excluding hydrogens is 156 g/mol. The number of allylic oxidation sites excluding steroid dienone is 2. The van der Waals surface area contributed by atoms with Crippen LogP contribution in [0, 0.1) is 5.41 Å². The van der Waals surface area contributed by atoms with Crippen molar-refractivity contribution in [2.75, 3.05) is 0 Å². The minimum Gasteiger partial charge on any atom is -0.0853 e. The SMILES string of the molecule is CC.CC.CC12CCCC=C(C1)C2. The van der Waals surface area contributed by atoms with Crippen LogP contribution < -0.4 is 0 Å². The van der Waals surface area contributed by atoms with E-state index in [2.05, 4.69) is 13.0 Å². The first-order valence-electron chi connectivity index (χ1n) is 5.96. The number of fused-ring (bicyclic) bond motifs is 3. The fraction of sp³-hybridized carbons (Fsp3) is 0.846. The van der Waals surface area contributed by atoms with Crippen molar-refractivity contribution in [3.63, 3.8) is 0 Å². The van der Waals surface area contributed by atoms with E-state index in [1.807, 2.05) is 27.7 Å². The van der Waals surface area contributed by atoms with Gasteiger partial charge in [-0.2, -0.15) is 0 Å². The summed E-state index contributed by atoms with van der Waals surface area (Å²) < 4.78 is 0. The van der Waals surface area contributed by atoms with Gasteiger partial charge in [-0.05, 0) is 37.5 Å². The van der Waals surface area contributed by atoms with E-state index in [0.29, 0.717) is 0 Å². The maximum absolute atomic E-state index is 2.45. The Hall–Kier alpha value is -0.260. The van der Waals surface area contributed by atoms with E-state index < -0.39 is 0 Å². The minimum absolute atomic E-state index is 0.738. The Kier molecular flexibility index (Phi) is 6.11. The van der Waals surface area contributed by atoms with Crippen molar-refractivity contribution < 1.29 is 0 Å². The summed E-state index contributed by atoms with van der Waals surface area (Å²) in [4.78, 5) is 0. The zero-order valence-electron chi connectivity index (χ0n) is 10.1. The second-order valence-electron chi connectivity index (χ2n) is 3.92. The van der Waals surface area contributed by atoms with E-state index in [1.54, 1.807) is 5.57 Å². The van der Waals surface area contributed by atoms with Gasteiger partial charge in [0, 0.05) is 0 Å². The Morgan fingerprint density at radius 1 is 1.08 bits per heavy atom. The van der Waals surface area contributed by atoms with Gasteiger partial charge in [-0.25, -0.2) is 0 Å². The van der Waals surface area contributed by atoms with Crippen LogP contribution in [-0.2, 0) is 0 Å². The van der Waals surface area contributed by atoms with Crippen molar-refractivity contribution in [2.45, 2.75) is 66.7 Å². The van der Waals surface area contributed by atoms with Gasteiger partial charge in [-0.1, -0.05) is 46.3 Å². The third-order valence-corrected chi connectivity index (χ3v) is 2.73. The maximum Gasteiger partial charge on any atom is -0.0251 e. The molecule has 3 aliphatic carbocycles. The number of hydrogen-bond acceptors (Lipinski definition) is 0. The molecule has 13 heavy (non-hydrogen) atoms. The highest BCUT2D eigenvalue weighted by Gasteiger charge is 2.36. The molecule has 0 heteroatoms. The highest BCUT2D eigenvalue weighted by atomic mass is 14.4. The van der Waals surface area contributed by atoms with Gasteiger partial charge >= 0.3 is 0 Å². The summed E-state index contributed by atoms with van der Waals surface area (Å²) in [6.07, 6.45) is 9.52. The van der Waals surface area contributed by atoms with Crippen molar-refractivity contribution in [1.29, 1.82) is 0 Å². The monoisotopic (exact) mass is 182 g/mol. The minimum atomic E-state index is 0.738. The van der Waals surface area contributed by atoms with E-state index in [4.69, 9.17) is 0 Å². The van der Waals surface area contributed by atoms with Crippen molar-refractivity contribution >= 4 is 0 Å². The lowest BCUT2D eigenvalue weighted by atomic mass is 9.66. The van der Waals surface area contributed by atoms with Crippen LogP contribution in [0.2, 0.25) is 0 Å². The molecule has 0 aromatic heterocycles. The molecule has 78 valence electrons. The average molecular weight is 182 g/mol. The van der Waals surface area contributed by atoms with E-state index in [0.717, 1.165) is 5.41 Å². The van der Waals surface area contributed by atoms with Gasteiger partial charge in [-0.15, -0.1) is 0 Å². The van der Waals surface area contributed by atoms with E-state index in [9.17, 15) is 0 Å². The van der Waals surface area contributed by atoms with Crippen LogP contribution in [0.1, 0.15) is 66.7 Å². The molecule has 0 aromatic rings. The van der Waals surface area contributed by atoms with Gasteiger partial charge in [0.05, 0.1) is 0 Å². The van der Waals surface area contributed by atoms with Crippen molar-refractivity contribution in [3.05, 3.63) is 11.6 Å². The molecule has 3 rings (SSSR count). The quantitative estimate of drug-likeness (QED) is 0.465. The first kappa shape index (κ1) is 12.7. The van der Waals surface area contributed by atoms with Crippen molar-refractivity contribution in [3.8, 4) is 0 Å². The molecule has 0 aromatic carbocycles. The van der Waals surface area contributed by atoms with Gasteiger partial charge in [0.25, 0.3) is 0 Å². The Balaban J connectivity index is 0.000000322. The average Bonchev–Trinajstić information content (AvgIpc) is 2.43. The smallest absolute Gasteiger partial charge is 0.0251 e. The fourth-order valence-corrected chi connectivity index (χ4v) is 2.20. The normalized spacial score (nSPS) is 21.8. The predicted octanol–water partition coefficient (Wildman–Crippen LogP) is 4.95. The van der Waals surface area contributed by atoms with Gasteiger partial charge in [0.15, 0.2) is 0 Å². The molecule has 0 radical (unpaired) electrons. The van der Waals surface area contributed by atoms with E-state index in [1.165, 1.54) is 32.1 Å². The first-order valence-corrected chi connectivity index (χ1v) is 5.96. The number of rotatable bonds is 0. The summed E-state index contributed by atoms with van der Waals surface area (Å²) in [6, 6.07) is 0. The Morgan fingerprint density at radius 3 is 2.15 bits per heavy atom. The molecule has 0 N–H and O–H groups in total. The van der Waals surface area contributed by atoms with E-state index >= 15 is 0 Å². The Labute approximate surface area is 84.4 Å². The Bertz CT molecular complexity index is 145. The van der Waals surface area contributed by atoms with E-state index in [-0.39, 0.29) is 0 Å². The van der Waals surface area contributed by atoms with Crippen LogP contribution >= 0.6 is 0 Å². The van der Waals surface area contributed by atoms with Crippen LogP contribution in [0.15, 0.2) is 11.6 Å². The third-order valence-electron chi connectivity index (χ3n) is 2.73. The molecule has 0 atom stereocenters. The summed E-state index contributed by atoms with van der Waals surface area (Å²) in [6.45, 7) is 10.4. The van der Waals surface area contributed by atoms with Gasteiger partial charge in [0.1, 0.15) is 0 Å². The van der Waals surface area contributed by atoms with Gasteiger partial charge in [-0.3, -0.25) is 0 Å². The molecule has 0 amide bonds. The molecule has 3 aliphatic rings. The summed E-state index contributed by atoms with van der Waals surface area (Å²) in [7, 11) is 0. The first-order chi connectivity index (χ1) is 6.29. The summed E-state index contributed by atoms with van der Waals surface area (Å²) in [5.74, 6) is 0. The molecule has 0 unspecified atom stereocenters. The van der Waals surface area contributed by atoms with Crippen molar-refractivity contribution in [2.24, 2.45) is 5.41 Å². The highest BCUT2D eigenvalue weighted by Crippen LogP contribution is 2.50. The standard InChI is InChI=1S/C9H14.2C2H6/c1-9-5-3-2-4-8(6-9)7-9;2*1-2/h4H,2-3,5-7H2,1H3;2*1-2H3. The van der Waals surface area contributed by atoms with Crippen LogP contribution in [-0.4, -0.2) is 0 Å². The van der Waals surface area contributed by atoms with Crippen LogP contribution in [0.4, 0.5) is 0 Å². The largest absolute Gasteiger partial charge is 0.0853 e. The van der Waals surface area contributed by atoms with Crippen LogP contribution in [0.25, 0.3) is 0 Å². The topological polar surface area (TPSA) is 0 Å². The van der Waals surface area contributed by atoms with Crippen molar-refractivity contribution in [1.82, 2.24) is 0 Å².